The number of fused-ring (bicyclic) bond motifs is 1. The SMILES string of the molecule is O=C(CCCc1cc(OS(=O)(=O)O)ccc1OS(=O)(=O)O)N1CCc2c(ccc(OS(=O)(=O)O)c2OS(=O)(=O)O)C1. The zero-order valence-electron chi connectivity index (χ0n) is 20.3. The highest BCUT2D eigenvalue weighted by atomic mass is 32.3. The zero-order valence-corrected chi connectivity index (χ0v) is 23.6. The lowest BCUT2D eigenvalue weighted by molar-refractivity contribution is -0.132. The summed E-state index contributed by atoms with van der Waals surface area (Å²) >= 11 is 0. The van der Waals surface area contributed by atoms with Gasteiger partial charge in [-0.3, -0.25) is 23.0 Å². The van der Waals surface area contributed by atoms with Crippen LogP contribution in [0.5, 0.6) is 23.0 Å². The van der Waals surface area contributed by atoms with Crippen LogP contribution in [0.1, 0.15) is 29.5 Å². The van der Waals surface area contributed by atoms with Crippen molar-refractivity contribution in [2.24, 2.45) is 0 Å². The summed E-state index contributed by atoms with van der Waals surface area (Å²) in [6.45, 7) is -0.144. The molecule has 1 aliphatic heterocycles. The fraction of sp³-hybridized carbons (Fsp3) is 0.316. The predicted molar refractivity (Wildman–Crippen MR) is 134 cm³/mol. The topological polar surface area (TPSA) is 275 Å². The number of rotatable bonds is 12. The second-order valence-corrected chi connectivity index (χ2v) is 12.4. The standard InChI is InChI=1S/C19H21NO17S4/c21-18(3-1-2-12-10-14(34-38(22,23)24)5-7-16(12)35-39(25,26)27)20-9-8-15-13(11-20)4-6-17(36-40(28,29)30)19(15)37-41(31,32)33/h4-7,10H,1-3,8-9,11H2,(H,22,23,24)(H,25,26,27)(H,28,29,30)(H,31,32,33). The Hall–Kier alpha value is -3.25. The molecule has 18 nitrogen and oxygen atoms in total. The first-order valence-corrected chi connectivity index (χ1v) is 16.4. The Kier molecular flexibility index (Phi) is 9.39. The Balaban J connectivity index is 1.75. The number of carbonyl (C=O) groups is 1. The van der Waals surface area contributed by atoms with Crippen LogP contribution < -0.4 is 16.7 Å². The largest absolute Gasteiger partial charge is 0.446 e. The number of hydrogen-bond acceptors (Lipinski definition) is 13. The van der Waals surface area contributed by atoms with Crippen molar-refractivity contribution in [3.63, 3.8) is 0 Å². The van der Waals surface area contributed by atoms with Crippen molar-refractivity contribution in [3.05, 3.63) is 47.0 Å². The quantitative estimate of drug-likeness (QED) is 0.222. The van der Waals surface area contributed by atoms with Crippen molar-refractivity contribution >= 4 is 47.5 Å². The minimum absolute atomic E-state index is 0.000988. The molecule has 3 rings (SSSR count). The first-order chi connectivity index (χ1) is 18.7. The lowest BCUT2D eigenvalue weighted by atomic mass is 9.97. The molecule has 0 saturated heterocycles. The van der Waals surface area contributed by atoms with Crippen LogP contribution in [0.25, 0.3) is 0 Å². The summed E-state index contributed by atoms with van der Waals surface area (Å²) in [6.07, 6.45) is -0.289. The molecule has 41 heavy (non-hydrogen) atoms. The second kappa shape index (κ2) is 11.9. The van der Waals surface area contributed by atoms with Gasteiger partial charge < -0.3 is 21.6 Å². The number of aryl methyl sites for hydroxylation is 1. The highest BCUT2D eigenvalue weighted by Gasteiger charge is 2.29. The smallest absolute Gasteiger partial charge is 0.362 e. The van der Waals surface area contributed by atoms with Gasteiger partial charge in [-0.25, -0.2) is 0 Å². The van der Waals surface area contributed by atoms with Crippen molar-refractivity contribution in [3.8, 4) is 23.0 Å². The van der Waals surface area contributed by atoms with E-state index in [-0.39, 0.29) is 49.9 Å². The van der Waals surface area contributed by atoms with Crippen molar-refractivity contribution in [2.45, 2.75) is 32.2 Å². The van der Waals surface area contributed by atoms with E-state index < -0.39 is 70.5 Å². The Bertz CT molecular complexity index is 1770. The number of benzene rings is 2. The molecular weight excluding hydrogens is 642 g/mol. The van der Waals surface area contributed by atoms with E-state index in [1.165, 1.54) is 11.0 Å². The van der Waals surface area contributed by atoms with Gasteiger partial charge >= 0.3 is 41.6 Å². The molecule has 228 valence electrons. The minimum atomic E-state index is -5.14. The van der Waals surface area contributed by atoms with E-state index in [0.717, 1.165) is 24.3 Å². The second-order valence-electron chi connectivity index (χ2n) is 8.26. The molecule has 0 spiro atoms. The highest BCUT2D eigenvalue weighted by Crippen LogP contribution is 2.38. The van der Waals surface area contributed by atoms with Crippen LogP contribution in [0.3, 0.4) is 0 Å². The maximum Gasteiger partial charge on any atom is 0.446 e. The first kappa shape index (κ1) is 32.3. The molecule has 0 atom stereocenters. The summed E-state index contributed by atoms with van der Waals surface area (Å²) in [5.41, 5.74) is 0.374. The average molecular weight is 664 g/mol. The summed E-state index contributed by atoms with van der Waals surface area (Å²) in [6, 6.07) is 5.14. The van der Waals surface area contributed by atoms with Crippen LogP contribution >= 0.6 is 0 Å². The van der Waals surface area contributed by atoms with Gasteiger partial charge in [0.25, 0.3) is 0 Å². The number of hydrogen-bond donors (Lipinski definition) is 4. The molecule has 0 unspecified atom stereocenters. The molecule has 0 aliphatic carbocycles. The average Bonchev–Trinajstić information content (AvgIpc) is 2.78. The van der Waals surface area contributed by atoms with Crippen LogP contribution in [0.4, 0.5) is 0 Å². The highest BCUT2D eigenvalue weighted by molar-refractivity contribution is 7.82. The molecule has 1 heterocycles. The van der Waals surface area contributed by atoms with Gasteiger partial charge in [-0.1, -0.05) is 6.07 Å². The van der Waals surface area contributed by atoms with Crippen LogP contribution in [-0.4, -0.2) is 69.2 Å². The van der Waals surface area contributed by atoms with E-state index in [1.54, 1.807) is 0 Å². The molecule has 22 heteroatoms. The summed E-state index contributed by atoms with van der Waals surface area (Å²) in [5, 5.41) is 0. The molecule has 2 aromatic carbocycles. The molecule has 0 aromatic heterocycles. The van der Waals surface area contributed by atoms with E-state index in [9.17, 15) is 38.5 Å². The molecule has 0 radical (unpaired) electrons. The van der Waals surface area contributed by atoms with Crippen molar-refractivity contribution in [1.29, 1.82) is 0 Å². The van der Waals surface area contributed by atoms with Crippen LogP contribution in [0.15, 0.2) is 30.3 Å². The lowest BCUT2D eigenvalue weighted by Crippen LogP contribution is -2.36. The van der Waals surface area contributed by atoms with Gasteiger partial charge in [-0.15, -0.1) is 0 Å². The zero-order chi connectivity index (χ0) is 30.8. The van der Waals surface area contributed by atoms with Crippen molar-refractivity contribution < 1.29 is 73.4 Å². The third-order valence-corrected chi connectivity index (χ3v) is 6.88. The van der Waals surface area contributed by atoms with Crippen LogP contribution in [-0.2, 0) is 65.8 Å². The lowest BCUT2D eigenvalue weighted by Gasteiger charge is -2.30. The van der Waals surface area contributed by atoms with Crippen LogP contribution in [0, 0.1) is 0 Å². The normalized spacial score (nSPS) is 14.2. The first-order valence-electron chi connectivity index (χ1n) is 10.9. The van der Waals surface area contributed by atoms with E-state index in [2.05, 4.69) is 16.7 Å². The molecule has 4 N–H and O–H groups in total. The number of amides is 1. The van der Waals surface area contributed by atoms with Crippen molar-refractivity contribution in [1.82, 2.24) is 4.90 Å². The van der Waals surface area contributed by atoms with E-state index in [4.69, 9.17) is 18.2 Å². The Morgan fingerprint density at radius 3 is 1.90 bits per heavy atom. The van der Waals surface area contributed by atoms with Gasteiger partial charge in [0.15, 0.2) is 11.5 Å². The fourth-order valence-electron chi connectivity index (χ4n) is 3.90. The fourth-order valence-corrected chi connectivity index (χ4v) is 5.38. The monoisotopic (exact) mass is 663 g/mol. The van der Waals surface area contributed by atoms with E-state index >= 15 is 0 Å². The predicted octanol–water partition coefficient (Wildman–Crippen LogP) is 0.321. The van der Waals surface area contributed by atoms with Gasteiger partial charge in [0.1, 0.15) is 11.5 Å². The third-order valence-electron chi connectivity index (χ3n) is 5.32. The number of nitrogens with zero attached hydrogens (tertiary/aromatic N) is 1. The minimum Gasteiger partial charge on any atom is -0.362 e. The van der Waals surface area contributed by atoms with Gasteiger partial charge in [-0.2, -0.15) is 33.7 Å². The summed E-state index contributed by atoms with van der Waals surface area (Å²) in [5.74, 6) is -2.68. The maximum atomic E-state index is 12.9. The summed E-state index contributed by atoms with van der Waals surface area (Å²) in [4.78, 5) is 14.2. The summed E-state index contributed by atoms with van der Waals surface area (Å²) < 4.78 is 143. The maximum absolute atomic E-state index is 12.9. The van der Waals surface area contributed by atoms with E-state index in [0.29, 0.717) is 5.56 Å². The Morgan fingerprint density at radius 2 is 1.32 bits per heavy atom. The molecule has 0 fully saturated rings. The molecule has 2 aromatic rings. The summed E-state index contributed by atoms with van der Waals surface area (Å²) in [7, 11) is -20.1. The third kappa shape index (κ3) is 10.3. The molecular formula is C19H21NO17S4. The molecule has 0 saturated carbocycles. The molecule has 1 amide bonds. The van der Waals surface area contributed by atoms with Gasteiger partial charge in [0.2, 0.25) is 5.91 Å². The van der Waals surface area contributed by atoms with Gasteiger partial charge in [0.05, 0.1) is 0 Å². The molecule has 0 bridgehead atoms. The van der Waals surface area contributed by atoms with Gasteiger partial charge in [0, 0.05) is 25.1 Å². The Morgan fingerprint density at radius 1 is 0.756 bits per heavy atom. The van der Waals surface area contributed by atoms with Crippen molar-refractivity contribution in [2.75, 3.05) is 6.54 Å². The number of carbonyl (C=O) groups excluding carboxylic acids is 1. The Labute approximate surface area is 234 Å². The van der Waals surface area contributed by atoms with Gasteiger partial charge in [-0.05, 0) is 54.7 Å². The molecule has 1 aliphatic rings. The van der Waals surface area contributed by atoms with E-state index in [1.807, 2.05) is 0 Å². The van der Waals surface area contributed by atoms with Crippen LogP contribution in [0.2, 0.25) is 0 Å².